The third-order valence-electron chi connectivity index (χ3n) is 4.84. The van der Waals surface area contributed by atoms with Crippen LogP contribution in [0.25, 0.3) is 10.2 Å². The Morgan fingerprint density at radius 3 is 2.83 bits per heavy atom. The number of carbonyl (C=O) groups is 2. The summed E-state index contributed by atoms with van der Waals surface area (Å²) in [5, 5.41) is 3.91. The molecule has 2 aromatic carbocycles. The molecule has 0 saturated carbocycles. The van der Waals surface area contributed by atoms with Crippen LogP contribution in [0.4, 0.5) is 10.5 Å². The van der Waals surface area contributed by atoms with Crippen LogP contribution in [0.3, 0.4) is 0 Å². The number of anilines is 1. The molecule has 29 heavy (non-hydrogen) atoms. The highest BCUT2D eigenvalue weighted by molar-refractivity contribution is 7.18. The van der Waals surface area contributed by atoms with Crippen molar-refractivity contribution in [3.8, 4) is 5.75 Å². The molecule has 8 heteroatoms. The highest BCUT2D eigenvalue weighted by Gasteiger charge is 2.32. The summed E-state index contributed by atoms with van der Waals surface area (Å²) in [6.45, 7) is 0.845. The normalized spacial score (nSPS) is 16.1. The molecule has 4 rings (SSSR count). The fourth-order valence-electron chi connectivity index (χ4n) is 3.44. The quantitative estimate of drug-likeness (QED) is 0.644. The van der Waals surface area contributed by atoms with Crippen LogP contribution in [-0.2, 0) is 4.79 Å². The number of carbonyl (C=O) groups excluding carboxylic acids is 2. The van der Waals surface area contributed by atoms with Gasteiger partial charge >= 0.3 is 6.03 Å². The van der Waals surface area contributed by atoms with E-state index >= 15 is 0 Å². The van der Waals surface area contributed by atoms with E-state index in [1.807, 2.05) is 35.2 Å². The number of primary amides is 1. The van der Waals surface area contributed by atoms with Crippen molar-refractivity contribution in [2.75, 3.05) is 18.5 Å². The first-order valence-electron chi connectivity index (χ1n) is 9.55. The summed E-state index contributed by atoms with van der Waals surface area (Å²) in [5.41, 5.74) is 6.69. The van der Waals surface area contributed by atoms with E-state index in [0.717, 1.165) is 28.1 Å². The summed E-state index contributed by atoms with van der Waals surface area (Å²) in [6, 6.07) is 15.0. The van der Waals surface area contributed by atoms with E-state index in [0.29, 0.717) is 18.0 Å². The minimum Gasteiger partial charge on any atom is -0.491 e. The van der Waals surface area contributed by atoms with Crippen LogP contribution in [0.1, 0.15) is 30.3 Å². The van der Waals surface area contributed by atoms with Gasteiger partial charge in [0.2, 0.25) is 5.91 Å². The number of fused-ring (bicyclic) bond motifs is 1. The van der Waals surface area contributed by atoms with Crippen LogP contribution in [-0.4, -0.2) is 35.0 Å². The zero-order valence-corrected chi connectivity index (χ0v) is 16.7. The first-order chi connectivity index (χ1) is 14.1. The van der Waals surface area contributed by atoms with Crippen LogP contribution < -0.4 is 15.8 Å². The minimum absolute atomic E-state index is 0.0321. The van der Waals surface area contributed by atoms with Crippen LogP contribution in [0.2, 0.25) is 0 Å². The Morgan fingerprint density at radius 1 is 1.21 bits per heavy atom. The molecule has 0 bridgehead atoms. The minimum atomic E-state index is -0.428. The van der Waals surface area contributed by atoms with Crippen molar-refractivity contribution in [3.05, 3.63) is 53.5 Å². The van der Waals surface area contributed by atoms with Crippen molar-refractivity contribution < 1.29 is 14.3 Å². The number of rotatable bonds is 6. The summed E-state index contributed by atoms with van der Waals surface area (Å²) >= 11 is 1.64. The van der Waals surface area contributed by atoms with Crippen LogP contribution >= 0.6 is 11.3 Å². The van der Waals surface area contributed by atoms with Gasteiger partial charge in [-0.1, -0.05) is 24.3 Å². The van der Waals surface area contributed by atoms with Gasteiger partial charge in [0.05, 0.1) is 35.0 Å². The lowest BCUT2D eigenvalue weighted by molar-refractivity contribution is -0.118. The molecule has 150 valence electrons. The summed E-state index contributed by atoms with van der Waals surface area (Å²) < 4.78 is 6.75. The van der Waals surface area contributed by atoms with Crippen molar-refractivity contribution in [2.24, 2.45) is 5.73 Å². The first-order valence-corrected chi connectivity index (χ1v) is 10.4. The molecule has 7 nitrogen and oxygen atoms in total. The molecule has 3 amide bonds. The van der Waals surface area contributed by atoms with Crippen molar-refractivity contribution in [2.45, 2.75) is 25.3 Å². The monoisotopic (exact) mass is 410 g/mol. The Hall–Kier alpha value is -3.13. The molecule has 3 N–H and O–H groups in total. The van der Waals surface area contributed by atoms with Gasteiger partial charge in [-0.15, -0.1) is 11.3 Å². The second kappa shape index (κ2) is 8.48. The molecule has 0 spiro atoms. The van der Waals surface area contributed by atoms with Crippen molar-refractivity contribution in [1.29, 1.82) is 0 Å². The summed E-state index contributed by atoms with van der Waals surface area (Å²) in [4.78, 5) is 30.5. The van der Waals surface area contributed by atoms with E-state index in [4.69, 9.17) is 15.5 Å². The van der Waals surface area contributed by atoms with E-state index in [1.54, 1.807) is 23.5 Å². The first kappa shape index (κ1) is 19.2. The van der Waals surface area contributed by atoms with E-state index < -0.39 is 5.91 Å². The fraction of sp³-hybridized carbons (Fsp3) is 0.286. The molecule has 1 unspecified atom stereocenters. The number of hydrogen-bond acceptors (Lipinski definition) is 5. The number of hydrogen-bond donors (Lipinski definition) is 2. The second-order valence-corrected chi connectivity index (χ2v) is 7.92. The lowest BCUT2D eigenvalue weighted by atomic mass is 10.2. The Labute approximate surface area is 172 Å². The van der Waals surface area contributed by atoms with E-state index in [9.17, 15) is 9.59 Å². The van der Waals surface area contributed by atoms with Gasteiger partial charge < -0.3 is 20.7 Å². The number of amides is 3. The maximum absolute atomic E-state index is 13.0. The standard InChI is InChI=1S/C21H22N4O3S/c22-19(26)11-13-28-17-9-3-1-6-14(17)24-21(27)25-12-5-8-16(25)20-23-15-7-2-4-10-18(15)29-20/h1-4,6-7,9-10,16H,5,8,11-13H2,(H2,22,26)(H,24,27). The SMILES string of the molecule is NC(=O)CCOc1ccccc1NC(=O)N1CCCC1c1nc2ccccc2s1. The van der Waals surface area contributed by atoms with Gasteiger partial charge in [0.25, 0.3) is 0 Å². The summed E-state index contributed by atoms with van der Waals surface area (Å²) in [6.07, 6.45) is 1.95. The smallest absolute Gasteiger partial charge is 0.322 e. The van der Waals surface area contributed by atoms with Gasteiger partial charge in [-0.05, 0) is 37.1 Å². The second-order valence-electron chi connectivity index (χ2n) is 6.86. The van der Waals surface area contributed by atoms with Crippen LogP contribution in [0.5, 0.6) is 5.75 Å². The number of nitrogens with two attached hydrogens (primary N) is 1. The molecule has 2 heterocycles. The Bertz CT molecular complexity index is 1000. The lowest BCUT2D eigenvalue weighted by Gasteiger charge is -2.24. The van der Waals surface area contributed by atoms with Crippen molar-refractivity contribution >= 4 is 39.2 Å². The Morgan fingerprint density at radius 2 is 2.00 bits per heavy atom. The molecule has 1 atom stereocenters. The number of nitrogens with zero attached hydrogens (tertiary/aromatic N) is 2. The molecule has 1 fully saturated rings. The molecule has 1 aliphatic heterocycles. The Balaban J connectivity index is 1.48. The predicted octanol–water partition coefficient (Wildman–Crippen LogP) is 3.92. The van der Waals surface area contributed by atoms with Gasteiger partial charge in [0, 0.05) is 6.54 Å². The van der Waals surface area contributed by atoms with Gasteiger partial charge in [-0.3, -0.25) is 4.79 Å². The number of benzene rings is 2. The average molecular weight is 410 g/mol. The number of likely N-dealkylation sites (tertiary alicyclic amines) is 1. The number of nitrogens with one attached hydrogen (secondary N) is 1. The molecular weight excluding hydrogens is 388 g/mol. The number of aromatic nitrogens is 1. The molecule has 1 saturated heterocycles. The molecular formula is C21H22N4O3S. The maximum Gasteiger partial charge on any atom is 0.322 e. The third kappa shape index (κ3) is 4.32. The van der Waals surface area contributed by atoms with E-state index in [1.165, 1.54) is 0 Å². The summed E-state index contributed by atoms with van der Waals surface area (Å²) in [5.74, 6) is 0.0834. The molecule has 1 aromatic heterocycles. The Kier molecular flexibility index (Phi) is 5.62. The number of ether oxygens (including phenoxy) is 1. The van der Waals surface area contributed by atoms with Gasteiger partial charge in [0.15, 0.2) is 0 Å². The molecule has 3 aromatic rings. The molecule has 0 radical (unpaired) electrons. The van der Waals surface area contributed by atoms with E-state index in [2.05, 4.69) is 11.4 Å². The van der Waals surface area contributed by atoms with Crippen molar-refractivity contribution in [3.63, 3.8) is 0 Å². The van der Waals surface area contributed by atoms with E-state index in [-0.39, 0.29) is 25.1 Å². The third-order valence-corrected chi connectivity index (χ3v) is 5.98. The van der Waals surface area contributed by atoms with Gasteiger partial charge in [-0.2, -0.15) is 0 Å². The molecule has 0 aliphatic carbocycles. The lowest BCUT2D eigenvalue weighted by Crippen LogP contribution is -2.34. The average Bonchev–Trinajstić information content (AvgIpc) is 3.35. The zero-order valence-electron chi connectivity index (χ0n) is 15.8. The topological polar surface area (TPSA) is 97.6 Å². The molecule has 1 aliphatic rings. The number of urea groups is 1. The maximum atomic E-state index is 13.0. The van der Waals surface area contributed by atoms with Crippen LogP contribution in [0.15, 0.2) is 48.5 Å². The highest BCUT2D eigenvalue weighted by Crippen LogP contribution is 2.37. The number of para-hydroxylation sites is 3. The summed E-state index contributed by atoms with van der Waals surface area (Å²) in [7, 11) is 0. The largest absolute Gasteiger partial charge is 0.491 e. The number of thiazole rings is 1. The van der Waals surface area contributed by atoms with Crippen LogP contribution in [0, 0.1) is 0 Å². The fourth-order valence-corrected chi connectivity index (χ4v) is 4.56. The highest BCUT2D eigenvalue weighted by atomic mass is 32.1. The van der Waals surface area contributed by atoms with Gasteiger partial charge in [-0.25, -0.2) is 9.78 Å². The van der Waals surface area contributed by atoms with Crippen molar-refractivity contribution in [1.82, 2.24) is 9.88 Å². The van der Waals surface area contributed by atoms with Gasteiger partial charge in [0.1, 0.15) is 10.8 Å². The zero-order chi connectivity index (χ0) is 20.2. The predicted molar refractivity (Wildman–Crippen MR) is 113 cm³/mol.